The number of para-hydroxylation sites is 1. The largest absolute Gasteiger partial charge is 0.496 e. The number of carbonyl (C=O) groups is 2. The number of rotatable bonds is 19. The molecular formula is C55H78N10O8SSi2. The Morgan fingerprint density at radius 3 is 2.53 bits per heavy atom. The number of likely N-dealkylation sites (N-methyl/N-ethyl adjacent to an activating group) is 1. The summed E-state index contributed by atoms with van der Waals surface area (Å²) < 4.78 is 19.4. The maximum Gasteiger partial charge on any atom is 0.322 e. The average Bonchev–Trinajstić information content (AvgIpc) is 4.29. The molecule has 6 heterocycles. The molecule has 4 aromatic rings. The third-order valence-electron chi connectivity index (χ3n) is 17.6. The van der Waals surface area contributed by atoms with Gasteiger partial charge in [-0.25, -0.2) is 9.97 Å². The number of H-pyrrole nitrogens is 1. The summed E-state index contributed by atoms with van der Waals surface area (Å²) in [5.41, 5.74) is 8.72. The number of azide groups is 1. The zero-order valence-corrected chi connectivity index (χ0v) is 48.6. The van der Waals surface area contributed by atoms with E-state index in [-0.39, 0.29) is 31.8 Å². The lowest BCUT2D eigenvalue weighted by molar-refractivity contribution is -0.203. The smallest absolute Gasteiger partial charge is 0.322 e. The summed E-state index contributed by atoms with van der Waals surface area (Å²) in [5, 5.41) is 46.7. The van der Waals surface area contributed by atoms with Crippen LogP contribution in [-0.2, 0) is 42.2 Å². The van der Waals surface area contributed by atoms with Crippen molar-refractivity contribution in [1.82, 2.24) is 30.1 Å². The average molecular weight is 1100 g/mol. The van der Waals surface area contributed by atoms with Gasteiger partial charge < -0.3 is 44.1 Å². The van der Waals surface area contributed by atoms with Crippen LogP contribution in [0.25, 0.3) is 21.3 Å². The fourth-order valence-corrected chi connectivity index (χ4v) is 25.1. The van der Waals surface area contributed by atoms with Crippen LogP contribution in [0.15, 0.2) is 71.2 Å². The molecule has 1 saturated carbocycles. The number of nitrogens with zero attached hydrogens (tertiary/aromatic N) is 8. The molecule has 0 unspecified atom stereocenters. The van der Waals surface area contributed by atoms with Gasteiger partial charge in [0.1, 0.15) is 17.3 Å². The first-order valence-corrected chi connectivity index (χ1v) is 34.3. The highest BCUT2D eigenvalue weighted by Gasteiger charge is 2.78. The van der Waals surface area contributed by atoms with E-state index in [1.165, 1.54) is 7.11 Å². The minimum absolute atomic E-state index is 0.0352. The second kappa shape index (κ2) is 21.8. The van der Waals surface area contributed by atoms with Gasteiger partial charge >= 0.3 is 5.97 Å². The molecule has 0 bridgehead atoms. The van der Waals surface area contributed by atoms with Crippen molar-refractivity contribution in [2.24, 2.45) is 16.4 Å². The maximum atomic E-state index is 15.5. The Labute approximate surface area is 453 Å². The third-order valence-corrected chi connectivity index (χ3v) is 27.4. The lowest BCUT2D eigenvalue weighted by Crippen LogP contribution is -2.81. The van der Waals surface area contributed by atoms with Crippen molar-refractivity contribution in [3.05, 3.63) is 99.3 Å². The van der Waals surface area contributed by atoms with Crippen molar-refractivity contribution in [2.75, 3.05) is 71.0 Å². The Morgan fingerprint density at radius 1 is 1.07 bits per heavy atom. The van der Waals surface area contributed by atoms with Gasteiger partial charge in [0, 0.05) is 107 Å². The number of aromatic amines is 1. The Kier molecular flexibility index (Phi) is 16.0. The van der Waals surface area contributed by atoms with Gasteiger partial charge in [0.25, 0.3) is 5.91 Å². The van der Waals surface area contributed by atoms with Crippen molar-refractivity contribution in [2.45, 2.75) is 137 Å². The predicted molar refractivity (Wildman–Crippen MR) is 300 cm³/mol. The second-order valence-electron chi connectivity index (χ2n) is 23.1. The SMILES string of the molecule is CCC[C@@H]1CN(CO)CCc2c([nH]c3ccccc23)[C@@](C(=O)OC)(c2cc3c(cc2OC)N(C)[C@H]2[C@@](O)(C(=O)NCCC[Si](C)(C)O[Si](C)(C)CSc4ncc(CN=[N+]=[N-])cn4)[C@H](O)[C@]4(CC)C=CCN5CC[C@]32[C@@H]54)C1. The van der Waals surface area contributed by atoms with Crippen molar-refractivity contribution in [1.29, 1.82) is 0 Å². The molecule has 5 N–H and O–H groups in total. The predicted octanol–water partition coefficient (Wildman–Crippen LogP) is 7.32. The number of hydrogen-bond donors (Lipinski definition) is 5. The Hall–Kier alpha value is -4.81. The highest BCUT2D eigenvalue weighted by atomic mass is 32.2. The van der Waals surface area contributed by atoms with E-state index in [0.717, 1.165) is 63.2 Å². The van der Waals surface area contributed by atoms with Crippen LogP contribution in [0.1, 0.15) is 80.3 Å². The number of methoxy groups -OCH3 is 2. The fourth-order valence-electron chi connectivity index (χ4n) is 14.7. The number of aliphatic hydroxyl groups excluding tert-OH is 2. The lowest BCUT2D eigenvalue weighted by atomic mass is 9.47. The van der Waals surface area contributed by atoms with E-state index in [1.54, 1.807) is 31.3 Å². The summed E-state index contributed by atoms with van der Waals surface area (Å²) in [6, 6.07) is 11.8. The molecule has 2 aromatic carbocycles. The van der Waals surface area contributed by atoms with Crippen LogP contribution < -0.4 is 15.0 Å². The molecule has 18 nitrogen and oxygen atoms in total. The Morgan fingerprint density at radius 2 is 1.83 bits per heavy atom. The van der Waals surface area contributed by atoms with Crippen LogP contribution in [0.4, 0.5) is 5.69 Å². The zero-order chi connectivity index (χ0) is 54.4. The molecule has 1 aliphatic carbocycles. The van der Waals surface area contributed by atoms with Gasteiger partial charge in [-0.1, -0.05) is 67.5 Å². The van der Waals surface area contributed by atoms with Crippen LogP contribution >= 0.6 is 11.8 Å². The molecule has 4 aliphatic heterocycles. The van der Waals surface area contributed by atoms with Crippen molar-refractivity contribution in [3.8, 4) is 5.75 Å². The van der Waals surface area contributed by atoms with E-state index in [2.05, 4.69) is 97.5 Å². The van der Waals surface area contributed by atoms with E-state index in [4.69, 9.17) is 19.1 Å². The molecule has 1 amide bonds. The number of carbonyl (C=O) groups excluding carboxylic acids is 2. The van der Waals surface area contributed by atoms with Crippen molar-refractivity contribution in [3.63, 3.8) is 0 Å². The number of amides is 1. The number of esters is 1. The number of ether oxygens (including phenoxy) is 2. The minimum Gasteiger partial charge on any atom is -0.496 e. The van der Waals surface area contributed by atoms with E-state index < -0.39 is 62.5 Å². The third kappa shape index (κ3) is 9.38. The number of thioether (sulfide) groups is 1. The number of nitrogens with one attached hydrogen (secondary N) is 2. The highest BCUT2D eigenvalue weighted by molar-refractivity contribution is 8.00. The normalized spacial score (nSPS) is 28.3. The fraction of sp³-hybridized carbons (Fsp3) is 0.600. The summed E-state index contributed by atoms with van der Waals surface area (Å²) in [6.45, 7) is 15.8. The van der Waals surface area contributed by atoms with Crippen LogP contribution in [0.3, 0.4) is 0 Å². The molecule has 1 saturated heterocycles. The summed E-state index contributed by atoms with van der Waals surface area (Å²) >= 11 is 1.55. The van der Waals surface area contributed by atoms with E-state index in [0.29, 0.717) is 74.8 Å². The van der Waals surface area contributed by atoms with Crippen LogP contribution in [0.5, 0.6) is 5.75 Å². The minimum atomic E-state index is -2.29. The number of fused-ring (bicyclic) bond motifs is 4. The Bertz CT molecular complexity index is 2890. The molecule has 410 valence electrons. The van der Waals surface area contributed by atoms with Gasteiger partial charge in [-0.15, -0.1) is 0 Å². The molecule has 9 rings (SSSR count). The summed E-state index contributed by atoms with van der Waals surface area (Å²) in [6.07, 6.45) is 10.3. The quantitative estimate of drug-likeness (QED) is 0.00713. The molecular weight excluding hydrogens is 1020 g/mol. The van der Waals surface area contributed by atoms with Gasteiger partial charge in [-0.2, -0.15) is 0 Å². The van der Waals surface area contributed by atoms with Gasteiger partial charge in [0.05, 0.1) is 33.5 Å². The van der Waals surface area contributed by atoms with E-state index >= 15 is 9.59 Å². The number of hydrogen-bond acceptors (Lipinski definition) is 15. The molecule has 8 atom stereocenters. The molecule has 1 spiro atoms. The van der Waals surface area contributed by atoms with Crippen LogP contribution in [0, 0.1) is 11.3 Å². The van der Waals surface area contributed by atoms with E-state index in [1.807, 2.05) is 43.1 Å². The van der Waals surface area contributed by atoms with Gasteiger partial charge in [-0.3, -0.25) is 19.4 Å². The Balaban J connectivity index is 1.08. The first kappa shape index (κ1) is 55.9. The number of aromatic nitrogens is 3. The van der Waals surface area contributed by atoms with E-state index in [9.17, 15) is 15.3 Å². The van der Waals surface area contributed by atoms with Gasteiger partial charge in [0.15, 0.2) is 27.4 Å². The summed E-state index contributed by atoms with van der Waals surface area (Å²) in [4.78, 5) is 52.8. The molecule has 0 radical (unpaired) electrons. The standard InChI is InChI=1S/C55H78N10O8SSi2/c1-10-16-36-29-54(50(69)72-5,45-39(19-24-64(33-36)34-66)38-17-12-13-18-42(38)61-45)41-27-40-43(28-44(41)71-4)63(3)47-53(40)21-25-65-23-14-20-52(11-2,46(53)65)48(67)55(47,70)49(68)57-22-15-26-75(6,7)73-76(8,9)35-74-51-58-30-37(31-59-51)32-60-62-56/h12-14,17-18,20,27-28,30-31,36,46-48,61,66-67,70H,10-11,15-16,19,21-26,29,32-35H2,1-9H3,(H,57,68)/t36-,46-,47+,48+,52+,53+,54-,55-/m0/s1. The van der Waals surface area contributed by atoms with Crippen LogP contribution in [0.2, 0.25) is 32.2 Å². The zero-order valence-electron chi connectivity index (χ0n) is 45.8. The summed E-state index contributed by atoms with van der Waals surface area (Å²) in [5.74, 6) is -0.598. The first-order valence-electron chi connectivity index (χ1n) is 27.1. The lowest BCUT2D eigenvalue weighted by Gasteiger charge is -2.63. The molecule has 2 fully saturated rings. The van der Waals surface area contributed by atoms with Gasteiger partial charge in [0.2, 0.25) is 0 Å². The maximum absolute atomic E-state index is 15.5. The molecule has 5 aliphatic rings. The summed E-state index contributed by atoms with van der Waals surface area (Å²) in [7, 11) is 0.522. The molecule has 76 heavy (non-hydrogen) atoms. The van der Waals surface area contributed by atoms with Crippen molar-refractivity contribution < 1.29 is 38.5 Å². The van der Waals surface area contributed by atoms with Crippen LogP contribution in [-0.4, -0.2) is 158 Å². The topological polar surface area (TPSA) is 235 Å². The second-order valence-corrected chi connectivity index (χ2v) is 33.3. The van der Waals surface area contributed by atoms with Gasteiger partial charge in [-0.05, 0) is 118 Å². The number of anilines is 1. The number of aliphatic hydroxyl groups is 3. The molecule has 21 heteroatoms. The highest BCUT2D eigenvalue weighted by Crippen LogP contribution is 2.67. The first-order chi connectivity index (χ1) is 36.3. The molecule has 2 aromatic heterocycles. The number of benzene rings is 2. The van der Waals surface area contributed by atoms with Crippen molar-refractivity contribution >= 4 is 56.9 Å². The monoisotopic (exact) mass is 1090 g/mol.